The number of aromatic nitrogens is 2. The number of nitrogens with one attached hydrogen (secondary N) is 2. The van der Waals surface area contributed by atoms with Gasteiger partial charge in [0.25, 0.3) is 10.0 Å². The van der Waals surface area contributed by atoms with Crippen molar-refractivity contribution in [1.29, 1.82) is 0 Å². The van der Waals surface area contributed by atoms with Crippen molar-refractivity contribution in [3.63, 3.8) is 0 Å². The second-order valence-corrected chi connectivity index (χ2v) is 11.3. The van der Waals surface area contributed by atoms with Gasteiger partial charge in [0, 0.05) is 41.8 Å². The van der Waals surface area contributed by atoms with Crippen LogP contribution >= 0.6 is 0 Å². The van der Waals surface area contributed by atoms with Crippen molar-refractivity contribution < 1.29 is 31.5 Å². The van der Waals surface area contributed by atoms with Crippen molar-refractivity contribution in [2.24, 2.45) is 0 Å². The molecule has 43 heavy (non-hydrogen) atoms. The van der Waals surface area contributed by atoms with Gasteiger partial charge in [-0.05, 0) is 61.0 Å². The number of sulfonamides is 1. The second kappa shape index (κ2) is 13.6. The molecule has 0 fully saturated rings. The molecule has 0 amide bonds. The van der Waals surface area contributed by atoms with Crippen LogP contribution in [0.5, 0.6) is 5.75 Å². The molecule has 0 radical (unpaired) electrons. The van der Waals surface area contributed by atoms with Crippen LogP contribution < -0.4 is 14.8 Å². The number of pyridine rings is 1. The predicted octanol–water partition coefficient (Wildman–Crippen LogP) is 5.26. The summed E-state index contributed by atoms with van der Waals surface area (Å²) in [6.45, 7) is 0.934. The second-order valence-electron chi connectivity index (χ2n) is 9.57. The first-order valence-corrected chi connectivity index (χ1v) is 14.8. The van der Waals surface area contributed by atoms with E-state index in [1.54, 1.807) is 42.7 Å². The summed E-state index contributed by atoms with van der Waals surface area (Å²) in [5.74, 6) is -1.66. The highest BCUT2D eigenvalue weighted by Crippen LogP contribution is 2.24. The molecule has 0 bridgehead atoms. The molecule has 5 rings (SSSR count). The van der Waals surface area contributed by atoms with Gasteiger partial charge >= 0.3 is 0 Å². The maximum Gasteiger partial charge on any atom is 0.261 e. The highest BCUT2D eigenvalue weighted by molar-refractivity contribution is 7.92. The van der Waals surface area contributed by atoms with Crippen molar-refractivity contribution in [2.45, 2.75) is 24.0 Å². The largest absolute Gasteiger partial charge is 0.484 e. The van der Waals surface area contributed by atoms with Crippen LogP contribution in [0, 0.1) is 11.6 Å². The Kier molecular flexibility index (Phi) is 9.40. The molecule has 0 aliphatic rings. The third-order valence-electron chi connectivity index (χ3n) is 6.47. The maximum atomic E-state index is 13.3. The number of anilines is 1. The lowest BCUT2D eigenvalue weighted by molar-refractivity contribution is 0.174. The smallest absolute Gasteiger partial charge is 0.261 e. The fraction of sp³-hybridized carbons (Fsp3) is 0.161. The summed E-state index contributed by atoms with van der Waals surface area (Å²) in [6, 6.07) is 20.0. The van der Waals surface area contributed by atoms with Crippen molar-refractivity contribution in [3.05, 3.63) is 126 Å². The lowest BCUT2D eigenvalue weighted by Crippen LogP contribution is -2.23. The topological polar surface area (TPSA) is 127 Å². The quantitative estimate of drug-likeness (QED) is 0.155. The van der Waals surface area contributed by atoms with Crippen molar-refractivity contribution in [3.8, 4) is 17.0 Å². The van der Waals surface area contributed by atoms with Crippen LogP contribution in [0.1, 0.15) is 23.1 Å². The average Bonchev–Trinajstić information content (AvgIpc) is 3.50. The number of aliphatic hydroxyl groups is 1. The number of ether oxygens (including phenoxy) is 1. The first kappa shape index (κ1) is 29.8. The predicted molar refractivity (Wildman–Crippen MR) is 156 cm³/mol. The number of aliphatic hydroxyl groups excluding tert-OH is 1. The van der Waals surface area contributed by atoms with E-state index in [9.17, 15) is 22.3 Å². The molecule has 3 aromatic carbocycles. The Morgan fingerprint density at radius 2 is 1.77 bits per heavy atom. The number of benzene rings is 3. The van der Waals surface area contributed by atoms with Gasteiger partial charge in [0.15, 0.2) is 18.2 Å². The summed E-state index contributed by atoms with van der Waals surface area (Å²) in [5, 5.41) is 13.4. The van der Waals surface area contributed by atoms with E-state index < -0.39 is 27.8 Å². The first-order valence-electron chi connectivity index (χ1n) is 13.3. The minimum absolute atomic E-state index is 0.0714. The standard InChI is InChI=1S/C31H28F2N4O5S/c32-27-12-9-25(16-28(27)33)41-20-31-36-29(19-42-31)22-5-10-26(11-6-22)43(39,40)37-24-7-3-21(4-8-24)13-15-35-18-30(38)23-2-1-14-34-17-23/h1-12,14,16-17,19,30,35,37-38H,13,15,18,20H2/t30-/m0/s1. The normalized spacial score (nSPS) is 12.2. The Balaban J connectivity index is 1.11. The van der Waals surface area contributed by atoms with E-state index in [1.807, 2.05) is 18.2 Å². The first-order chi connectivity index (χ1) is 20.8. The molecule has 0 saturated heterocycles. The van der Waals surface area contributed by atoms with Crippen LogP contribution in [0.3, 0.4) is 0 Å². The van der Waals surface area contributed by atoms with Gasteiger partial charge in [0.1, 0.15) is 17.7 Å². The lowest BCUT2D eigenvalue weighted by atomic mass is 10.1. The Hall–Kier alpha value is -4.65. The number of nitrogens with zero attached hydrogens (tertiary/aromatic N) is 2. The van der Waals surface area contributed by atoms with E-state index in [1.165, 1.54) is 24.5 Å². The third-order valence-corrected chi connectivity index (χ3v) is 7.87. The minimum atomic E-state index is -3.84. The molecule has 0 unspecified atom stereocenters. The molecule has 9 nitrogen and oxygen atoms in total. The number of halogens is 2. The average molecular weight is 607 g/mol. The molecule has 2 aromatic heterocycles. The summed E-state index contributed by atoms with van der Waals surface area (Å²) in [6.07, 6.45) is 4.74. The van der Waals surface area contributed by atoms with Crippen LogP contribution in [0.2, 0.25) is 0 Å². The highest BCUT2D eigenvalue weighted by atomic mass is 32.2. The van der Waals surface area contributed by atoms with Gasteiger partial charge in [-0.25, -0.2) is 22.2 Å². The zero-order valence-electron chi connectivity index (χ0n) is 22.8. The summed E-state index contributed by atoms with van der Waals surface area (Å²) in [4.78, 5) is 8.39. The van der Waals surface area contributed by atoms with E-state index >= 15 is 0 Å². The SMILES string of the molecule is O=S(=O)(Nc1ccc(CCNC[C@H](O)c2cccnc2)cc1)c1ccc(-c2coc(COc3ccc(F)c(F)c3)n2)cc1. The molecule has 0 aliphatic carbocycles. The number of rotatable bonds is 13. The molecule has 1 atom stereocenters. The van der Waals surface area contributed by atoms with Crippen LogP contribution in [0.15, 0.2) is 107 Å². The third kappa shape index (κ3) is 8.01. The van der Waals surface area contributed by atoms with E-state index in [0.29, 0.717) is 36.5 Å². The Bertz CT molecular complexity index is 1750. The van der Waals surface area contributed by atoms with E-state index in [0.717, 1.165) is 23.3 Å². The molecule has 5 aromatic rings. The summed E-state index contributed by atoms with van der Waals surface area (Å²) in [5.41, 5.74) is 3.26. The van der Waals surface area contributed by atoms with E-state index in [4.69, 9.17) is 9.15 Å². The zero-order valence-corrected chi connectivity index (χ0v) is 23.6. The van der Waals surface area contributed by atoms with Crippen LogP contribution in [-0.2, 0) is 23.1 Å². The fourth-order valence-electron chi connectivity index (χ4n) is 4.14. The van der Waals surface area contributed by atoms with Gasteiger partial charge in [0.2, 0.25) is 5.89 Å². The number of hydrogen-bond donors (Lipinski definition) is 3. The minimum Gasteiger partial charge on any atom is -0.484 e. The molecule has 0 aliphatic heterocycles. The van der Waals surface area contributed by atoms with Crippen LogP contribution in [0.25, 0.3) is 11.3 Å². The molecule has 0 saturated carbocycles. The molecule has 12 heteroatoms. The van der Waals surface area contributed by atoms with Gasteiger partial charge in [-0.3, -0.25) is 9.71 Å². The van der Waals surface area contributed by atoms with Crippen molar-refractivity contribution in [2.75, 3.05) is 17.8 Å². The van der Waals surface area contributed by atoms with Gasteiger partial charge in [0.05, 0.1) is 11.0 Å². The van der Waals surface area contributed by atoms with Gasteiger partial charge < -0.3 is 19.6 Å². The zero-order chi connectivity index (χ0) is 30.2. The fourth-order valence-corrected chi connectivity index (χ4v) is 5.20. The number of hydrogen-bond acceptors (Lipinski definition) is 8. The van der Waals surface area contributed by atoms with Crippen LogP contribution in [-0.4, -0.2) is 36.6 Å². The van der Waals surface area contributed by atoms with Gasteiger partial charge in [-0.15, -0.1) is 0 Å². The Morgan fingerprint density at radius 1 is 0.977 bits per heavy atom. The highest BCUT2D eigenvalue weighted by Gasteiger charge is 2.16. The molecule has 3 N–H and O–H groups in total. The molecule has 222 valence electrons. The number of oxazole rings is 1. The molecular formula is C31H28F2N4O5S. The molecular weight excluding hydrogens is 578 g/mol. The molecule has 0 spiro atoms. The van der Waals surface area contributed by atoms with Gasteiger partial charge in [-0.2, -0.15) is 0 Å². The van der Waals surface area contributed by atoms with Crippen molar-refractivity contribution in [1.82, 2.24) is 15.3 Å². The maximum absolute atomic E-state index is 13.3. The van der Waals surface area contributed by atoms with Crippen LogP contribution in [0.4, 0.5) is 14.5 Å². The summed E-state index contributed by atoms with van der Waals surface area (Å²) >= 11 is 0. The van der Waals surface area contributed by atoms with E-state index in [2.05, 4.69) is 20.0 Å². The summed E-state index contributed by atoms with van der Waals surface area (Å²) < 4.78 is 65.7. The van der Waals surface area contributed by atoms with E-state index in [-0.39, 0.29) is 23.1 Å². The summed E-state index contributed by atoms with van der Waals surface area (Å²) in [7, 11) is -3.84. The molecule has 2 heterocycles. The Morgan fingerprint density at radius 3 is 2.49 bits per heavy atom. The van der Waals surface area contributed by atoms with Gasteiger partial charge in [-0.1, -0.05) is 30.3 Å². The monoisotopic (exact) mass is 606 g/mol. The lowest BCUT2D eigenvalue weighted by Gasteiger charge is -2.12. The Labute approximate surface area is 247 Å². The van der Waals surface area contributed by atoms with Crippen molar-refractivity contribution >= 4 is 15.7 Å².